The van der Waals surface area contributed by atoms with Crippen LogP contribution in [0.2, 0.25) is 10.0 Å². The molecule has 1 fully saturated rings. The SMILES string of the molecule is N#Cc1ccc(CCC2CCCN2c2nc(-c3ccc(Cl)cc3Cl)cc3nccn23)nc1. The van der Waals surface area contributed by atoms with Gasteiger partial charge in [-0.3, -0.25) is 9.38 Å². The summed E-state index contributed by atoms with van der Waals surface area (Å²) in [6.45, 7) is 0.934. The second-order valence-electron chi connectivity index (χ2n) is 7.90. The molecular weight excluding hydrogens is 443 g/mol. The minimum Gasteiger partial charge on any atom is -0.339 e. The maximum Gasteiger partial charge on any atom is 0.212 e. The number of fused-ring (bicyclic) bond motifs is 1. The maximum absolute atomic E-state index is 8.97. The number of nitrogens with zero attached hydrogens (tertiary/aromatic N) is 6. The molecule has 8 heteroatoms. The molecule has 0 N–H and O–H groups in total. The highest BCUT2D eigenvalue weighted by molar-refractivity contribution is 6.36. The first-order valence-electron chi connectivity index (χ1n) is 10.5. The van der Waals surface area contributed by atoms with Crippen molar-refractivity contribution in [1.82, 2.24) is 19.4 Å². The van der Waals surface area contributed by atoms with Crippen molar-refractivity contribution in [2.75, 3.05) is 11.4 Å². The third-order valence-electron chi connectivity index (χ3n) is 5.90. The lowest BCUT2D eigenvalue weighted by Crippen LogP contribution is -2.32. The lowest BCUT2D eigenvalue weighted by molar-refractivity contribution is 0.595. The number of benzene rings is 1. The summed E-state index contributed by atoms with van der Waals surface area (Å²) < 4.78 is 2.03. The fraction of sp³-hybridized carbons (Fsp3) is 0.250. The van der Waals surface area contributed by atoms with Crippen LogP contribution in [0.25, 0.3) is 16.9 Å². The minimum absolute atomic E-state index is 0.349. The normalized spacial score (nSPS) is 15.9. The van der Waals surface area contributed by atoms with Gasteiger partial charge in [-0.25, -0.2) is 9.97 Å². The van der Waals surface area contributed by atoms with Gasteiger partial charge in [-0.15, -0.1) is 0 Å². The number of nitriles is 1. The van der Waals surface area contributed by atoms with E-state index in [4.69, 9.17) is 33.4 Å². The average Bonchev–Trinajstić information content (AvgIpc) is 3.47. The quantitative estimate of drug-likeness (QED) is 0.387. The van der Waals surface area contributed by atoms with Crippen molar-refractivity contribution in [3.8, 4) is 17.3 Å². The van der Waals surface area contributed by atoms with Crippen LogP contribution in [0.15, 0.2) is 55.0 Å². The Labute approximate surface area is 196 Å². The summed E-state index contributed by atoms with van der Waals surface area (Å²) in [4.78, 5) is 16.3. The van der Waals surface area contributed by atoms with Crippen molar-refractivity contribution in [1.29, 1.82) is 5.26 Å². The molecular formula is C24H20Cl2N6. The molecule has 0 aliphatic carbocycles. The molecule has 1 saturated heterocycles. The molecule has 6 nitrogen and oxygen atoms in total. The predicted octanol–water partition coefficient (Wildman–Crippen LogP) is 5.57. The zero-order valence-electron chi connectivity index (χ0n) is 17.2. The smallest absolute Gasteiger partial charge is 0.212 e. The monoisotopic (exact) mass is 462 g/mol. The Bertz CT molecular complexity index is 1310. The number of hydrogen-bond donors (Lipinski definition) is 0. The molecule has 1 atom stereocenters. The maximum atomic E-state index is 8.97. The van der Waals surface area contributed by atoms with Crippen molar-refractivity contribution in [2.45, 2.75) is 31.7 Å². The number of halogens is 2. The van der Waals surface area contributed by atoms with Crippen molar-refractivity contribution in [2.24, 2.45) is 0 Å². The van der Waals surface area contributed by atoms with E-state index in [2.05, 4.69) is 20.9 Å². The van der Waals surface area contributed by atoms with Gasteiger partial charge in [0.2, 0.25) is 5.95 Å². The topological polar surface area (TPSA) is 70.1 Å². The Hall–Kier alpha value is -3.14. The molecule has 0 saturated carbocycles. The standard InChI is InChI=1S/C24H20Cl2N6/c25-17-4-8-20(21(26)12-17)22-13-23-28-9-11-32(23)24(30-22)31-10-1-2-19(31)7-6-18-5-3-16(14-27)15-29-18/h3-5,8-9,11-13,15,19H,1-2,6-7,10H2. The number of aryl methyl sites for hydroxylation is 1. The number of hydrogen-bond acceptors (Lipinski definition) is 5. The summed E-state index contributed by atoms with van der Waals surface area (Å²) in [6.07, 6.45) is 9.39. The van der Waals surface area contributed by atoms with Crippen LogP contribution in [0.3, 0.4) is 0 Å². The summed E-state index contributed by atoms with van der Waals surface area (Å²) in [6, 6.07) is 13.6. The molecule has 1 unspecified atom stereocenters. The summed E-state index contributed by atoms with van der Waals surface area (Å²) in [7, 11) is 0. The van der Waals surface area contributed by atoms with Crippen molar-refractivity contribution < 1.29 is 0 Å². The van der Waals surface area contributed by atoms with Gasteiger partial charge >= 0.3 is 0 Å². The second kappa shape index (κ2) is 8.78. The van der Waals surface area contributed by atoms with Gasteiger partial charge in [-0.05, 0) is 56.0 Å². The number of imidazole rings is 1. The van der Waals surface area contributed by atoms with Crippen molar-refractivity contribution >= 4 is 34.8 Å². The summed E-state index contributed by atoms with van der Waals surface area (Å²) >= 11 is 12.6. The van der Waals surface area contributed by atoms with Crippen LogP contribution in [0.1, 0.15) is 30.5 Å². The van der Waals surface area contributed by atoms with Gasteiger partial charge in [0.25, 0.3) is 0 Å². The Morgan fingerprint density at radius 2 is 2.03 bits per heavy atom. The molecule has 0 bridgehead atoms. The Morgan fingerprint density at radius 1 is 1.12 bits per heavy atom. The van der Waals surface area contributed by atoms with E-state index < -0.39 is 0 Å². The lowest BCUT2D eigenvalue weighted by Gasteiger charge is -2.27. The van der Waals surface area contributed by atoms with E-state index in [0.29, 0.717) is 21.7 Å². The van der Waals surface area contributed by atoms with Crippen LogP contribution in [0, 0.1) is 11.3 Å². The number of rotatable bonds is 5. The first-order chi connectivity index (χ1) is 15.6. The van der Waals surface area contributed by atoms with Gasteiger partial charge in [0.15, 0.2) is 0 Å². The van der Waals surface area contributed by atoms with E-state index in [1.54, 1.807) is 18.5 Å². The van der Waals surface area contributed by atoms with Gasteiger partial charge in [0, 0.05) is 53.5 Å². The highest BCUT2D eigenvalue weighted by Crippen LogP contribution is 2.33. The molecule has 32 heavy (non-hydrogen) atoms. The van der Waals surface area contributed by atoms with E-state index in [1.807, 2.05) is 40.9 Å². The average molecular weight is 463 g/mol. The third-order valence-corrected chi connectivity index (χ3v) is 6.45. The van der Waals surface area contributed by atoms with Crippen molar-refractivity contribution in [3.63, 3.8) is 0 Å². The van der Waals surface area contributed by atoms with E-state index in [9.17, 15) is 0 Å². The predicted molar refractivity (Wildman–Crippen MR) is 126 cm³/mol. The zero-order chi connectivity index (χ0) is 22.1. The molecule has 0 radical (unpaired) electrons. The van der Waals surface area contributed by atoms with Gasteiger partial charge in [-0.1, -0.05) is 23.2 Å². The van der Waals surface area contributed by atoms with Crippen LogP contribution >= 0.6 is 23.2 Å². The van der Waals surface area contributed by atoms with Crippen molar-refractivity contribution in [3.05, 3.63) is 76.3 Å². The number of aromatic nitrogens is 4. The Morgan fingerprint density at radius 3 is 2.81 bits per heavy atom. The van der Waals surface area contributed by atoms with E-state index in [0.717, 1.165) is 60.8 Å². The van der Waals surface area contributed by atoms with Gasteiger partial charge in [-0.2, -0.15) is 5.26 Å². The fourth-order valence-electron chi connectivity index (χ4n) is 4.30. The first-order valence-corrected chi connectivity index (χ1v) is 11.3. The third kappa shape index (κ3) is 4.02. The molecule has 1 aliphatic heterocycles. The second-order valence-corrected chi connectivity index (χ2v) is 8.74. The largest absolute Gasteiger partial charge is 0.339 e. The molecule has 4 aromatic rings. The fourth-order valence-corrected chi connectivity index (χ4v) is 4.80. The van der Waals surface area contributed by atoms with E-state index >= 15 is 0 Å². The van der Waals surface area contributed by atoms with Crippen LogP contribution < -0.4 is 4.90 Å². The molecule has 160 valence electrons. The summed E-state index contributed by atoms with van der Waals surface area (Å²) in [5, 5.41) is 10.1. The van der Waals surface area contributed by atoms with Gasteiger partial charge in [0.05, 0.1) is 16.3 Å². The highest BCUT2D eigenvalue weighted by atomic mass is 35.5. The first kappa shape index (κ1) is 20.7. The number of anilines is 1. The van der Waals surface area contributed by atoms with Gasteiger partial charge in [0.1, 0.15) is 11.7 Å². The van der Waals surface area contributed by atoms with Gasteiger partial charge < -0.3 is 4.90 Å². The minimum atomic E-state index is 0.349. The molecule has 1 aromatic carbocycles. The van der Waals surface area contributed by atoms with E-state index in [-0.39, 0.29) is 0 Å². The molecule has 3 aromatic heterocycles. The molecule has 0 spiro atoms. The van der Waals surface area contributed by atoms with Crippen LogP contribution in [-0.2, 0) is 6.42 Å². The molecule has 4 heterocycles. The van der Waals surface area contributed by atoms with Crippen LogP contribution in [0.5, 0.6) is 0 Å². The van der Waals surface area contributed by atoms with Crippen LogP contribution in [-0.4, -0.2) is 31.9 Å². The molecule has 1 aliphatic rings. The Kier molecular flexibility index (Phi) is 5.69. The molecule has 5 rings (SSSR count). The summed E-state index contributed by atoms with van der Waals surface area (Å²) in [5.41, 5.74) is 4.02. The van der Waals surface area contributed by atoms with E-state index in [1.165, 1.54) is 0 Å². The highest BCUT2D eigenvalue weighted by Gasteiger charge is 2.28. The lowest BCUT2D eigenvalue weighted by atomic mass is 10.1. The molecule has 0 amide bonds. The Balaban J connectivity index is 1.46. The summed E-state index contributed by atoms with van der Waals surface area (Å²) in [5.74, 6) is 0.872. The zero-order valence-corrected chi connectivity index (χ0v) is 18.8. The number of pyridine rings is 1. The van der Waals surface area contributed by atoms with Crippen LogP contribution in [0.4, 0.5) is 5.95 Å².